The van der Waals surface area contributed by atoms with Crippen LogP contribution in [0.1, 0.15) is 48.5 Å². The topological polar surface area (TPSA) is 0 Å². The van der Waals surface area contributed by atoms with Crippen molar-refractivity contribution in [3.63, 3.8) is 0 Å². The third kappa shape index (κ3) is 8.68. The Kier molecular flexibility index (Phi) is 12.5. The van der Waals surface area contributed by atoms with Crippen molar-refractivity contribution in [2.45, 2.75) is 64.4 Å². The zero-order chi connectivity index (χ0) is 24.8. The minimum atomic E-state index is -0.465. The largest absolute Gasteiger partial charge is 2.00 e. The van der Waals surface area contributed by atoms with E-state index >= 15 is 0 Å². The summed E-state index contributed by atoms with van der Waals surface area (Å²) in [6, 6.07) is 22.2. The zero-order valence-electron chi connectivity index (χ0n) is 22.2. The molecule has 0 aromatic heterocycles. The van der Waals surface area contributed by atoms with Crippen LogP contribution in [0.3, 0.4) is 0 Å². The summed E-state index contributed by atoms with van der Waals surface area (Å²) in [5.41, 5.74) is 2.08. The van der Waals surface area contributed by atoms with Crippen LogP contribution in [0.5, 0.6) is 0 Å². The molecule has 2 fully saturated rings. The van der Waals surface area contributed by atoms with Crippen LogP contribution in [0.4, 0.5) is 0 Å². The standard InChI is InChI=1S/C27H35P2.C5H5.Fe/c1-21(24-19-14-20-25(24)29(26(2,3)4)27(5,6)7)28(22-15-10-8-11-16-22)23-17-12-9-13-18-23;1-2-4-5-3-1;/h8-21H,1-7H3;1-5H;/q;;+2/t21-;;/m1../s1. The number of rotatable bonds is 5. The van der Waals surface area contributed by atoms with Crippen molar-refractivity contribution in [2.24, 2.45) is 0 Å². The molecule has 2 aromatic carbocycles. The van der Waals surface area contributed by atoms with Gasteiger partial charge in [0.1, 0.15) is 0 Å². The minimum Gasteiger partial charge on any atom is -0.0874 e. The molecule has 4 rings (SSSR count). The maximum atomic E-state index is 2.45. The van der Waals surface area contributed by atoms with Gasteiger partial charge < -0.3 is 0 Å². The maximum Gasteiger partial charge on any atom is 2.00 e. The minimum absolute atomic E-state index is 0. The van der Waals surface area contributed by atoms with Crippen LogP contribution in [0, 0.1) is 62.9 Å². The summed E-state index contributed by atoms with van der Waals surface area (Å²) in [6.45, 7) is 17.0. The molecule has 0 saturated heterocycles. The van der Waals surface area contributed by atoms with Crippen LogP contribution in [0.25, 0.3) is 0 Å². The van der Waals surface area contributed by atoms with Crippen LogP contribution in [0.2, 0.25) is 0 Å². The molecule has 0 spiro atoms. The van der Waals surface area contributed by atoms with E-state index in [9.17, 15) is 0 Å². The fourth-order valence-electron chi connectivity index (χ4n) is 4.94. The van der Waals surface area contributed by atoms with Crippen molar-refractivity contribution in [3.8, 4) is 0 Å². The average molecular weight is 542 g/mol. The molecule has 184 valence electrons. The quantitative estimate of drug-likeness (QED) is 0.263. The number of hydrogen-bond donors (Lipinski definition) is 0. The summed E-state index contributed by atoms with van der Waals surface area (Å²) in [6.07, 6.45) is 17.1. The summed E-state index contributed by atoms with van der Waals surface area (Å²) >= 11 is 0. The first-order valence-corrected chi connectivity index (χ1v) is 15.0. The molecule has 35 heavy (non-hydrogen) atoms. The van der Waals surface area contributed by atoms with E-state index in [2.05, 4.69) is 128 Å². The second-order valence-corrected chi connectivity index (χ2v) is 17.1. The molecule has 1 atom stereocenters. The third-order valence-electron chi connectivity index (χ3n) is 5.87. The van der Waals surface area contributed by atoms with Gasteiger partial charge in [0.15, 0.2) is 0 Å². The summed E-state index contributed by atoms with van der Waals surface area (Å²) in [5, 5.41) is 3.48. The predicted octanol–water partition coefficient (Wildman–Crippen LogP) is 8.34. The molecule has 0 N–H and O–H groups in total. The Balaban J connectivity index is 0.000000640. The van der Waals surface area contributed by atoms with E-state index in [4.69, 9.17) is 0 Å². The van der Waals surface area contributed by atoms with Crippen LogP contribution >= 0.6 is 15.8 Å². The summed E-state index contributed by atoms with van der Waals surface area (Å²) in [4.78, 5) is 0. The molecule has 0 bridgehead atoms. The van der Waals surface area contributed by atoms with Crippen molar-refractivity contribution in [2.75, 3.05) is 0 Å². The predicted molar refractivity (Wildman–Crippen MR) is 156 cm³/mol. The Hall–Kier alpha value is -0.181. The molecule has 2 saturated carbocycles. The first-order valence-electron chi connectivity index (χ1n) is 12.2. The molecule has 10 radical (unpaired) electrons. The Morgan fingerprint density at radius 1 is 0.571 bits per heavy atom. The van der Waals surface area contributed by atoms with E-state index in [1.54, 1.807) is 11.6 Å². The van der Waals surface area contributed by atoms with Gasteiger partial charge in [-0.1, -0.05) is 117 Å². The Morgan fingerprint density at radius 2 is 0.971 bits per heavy atom. The van der Waals surface area contributed by atoms with Crippen LogP contribution in [0.15, 0.2) is 60.7 Å². The van der Waals surface area contributed by atoms with Crippen LogP contribution in [-0.2, 0) is 17.1 Å². The van der Waals surface area contributed by atoms with Gasteiger partial charge in [-0.2, -0.15) is 0 Å². The van der Waals surface area contributed by atoms with Gasteiger partial charge in [0.2, 0.25) is 0 Å². The van der Waals surface area contributed by atoms with Gasteiger partial charge in [0, 0.05) is 5.66 Å². The smallest absolute Gasteiger partial charge is 0.0874 e. The zero-order valence-corrected chi connectivity index (χ0v) is 25.1. The normalized spacial score (nSPS) is 18.3. The molecule has 2 aliphatic carbocycles. The van der Waals surface area contributed by atoms with Gasteiger partial charge >= 0.3 is 17.1 Å². The Bertz CT molecular complexity index is 772. The molecule has 0 nitrogen and oxygen atoms in total. The average Bonchev–Trinajstić information content (AvgIpc) is 3.49. The molecule has 0 amide bonds. The van der Waals surface area contributed by atoms with Crippen LogP contribution in [-0.4, -0.2) is 16.0 Å². The Morgan fingerprint density at radius 3 is 1.34 bits per heavy atom. The van der Waals surface area contributed by atoms with Gasteiger partial charge in [-0.05, 0) is 91.8 Å². The molecular formula is C32H40FeP2+2. The second-order valence-electron chi connectivity index (χ2n) is 10.7. The van der Waals surface area contributed by atoms with Crippen molar-refractivity contribution < 1.29 is 17.1 Å². The molecule has 3 heteroatoms. The van der Waals surface area contributed by atoms with Gasteiger partial charge in [-0.15, -0.1) is 0 Å². The van der Waals surface area contributed by atoms with Crippen molar-refractivity contribution in [3.05, 3.63) is 124 Å². The van der Waals surface area contributed by atoms with Crippen LogP contribution < -0.4 is 10.6 Å². The van der Waals surface area contributed by atoms with Crippen molar-refractivity contribution >= 4 is 26.5 Å². The number of hydrogen-bond acceptors (Lipinski definition) is 0. The first kappa shape index (κ1) is 31.0. The van der Waals surface area contributed by atoms with Gasteiger partial charge in [-0.3, -0.25) is 0 Å². The van der Waals surface area contributed by atoms with E-state index in [0.29, 0.717) is 5.66 Å². The molecule has 2 aliphatic rings. The van der Waals surface area contributed by atoms with E-state index in [-0.39, 0.29) is 35.3 Å². The molecular weight excluding hydrogens is 502 g/mol. The van der Waals surface area contributed by atoms with E-state index in [1.807, 2.05) is 32.1 Å². The molecule has 0 unspecified atom stereocenters. The fourth-order valence-corrected chi connectivity index (χ4v) is 11.9. The maximum absolute atomic E-state index is 2.45. The van der Waals surface area contributed by atoms with Gasteiger partial charge in [0.05, 0.1) is 0 Å². The molecule has 0 heterocycles. The fraction of sp³-hybridized carbons (Fsp3) is 0.312. The van der Waals surface area contributed by atoms with E-state index in [1.165, 1.54) is 10.6 Å². The summed E-state index contributed by atoms with van der Waals surface area (Å²) < 4.78 is 0. The third-order valence-corrected chi connectivity index (χ3v) is 12.2. The number of benzene rings is 2. The van der Waals surface area contributed by atoms with Gasteiger partial charge in [0.25, 0.3) is 0 Å². The SMILES string of the molecule is C[C@H]([C]1[CH][CH][CH][C]1P(C(C)(C)C)C(C)(C)C)P(c1ccccc1)c1ccccc1.[CH]1[CH][CH][CH][CH]1.[Fe+2]. The summed E-state index contributed by atoms with van der Waals surface area (Å²) in [5.74, 6) is 1.56. The van der Waals surface area contributed by atoms with Gasteiger partial charge in [-0.25, -0.2) is 0 Å². The van der Waals surface area contributed by atoms with Crippen molar-refractivity contribution in [1.82, 2.24) is 0 Å². The molecule has 0 aliphatic heterocycles. The van der Waals surface area contributed by atoms with E-state index in [0.717, 1.165) is 0 Å². The summed E-state index contributed by atoms with van der Waals surface area (Å²) in [7, 11) is -0.771. The van der Waals surface area contributed by atoms with E-state index < -0.39 is 7.92 Å². The second kappa shape index (κ2) is 14.1. The molecule has 2 aromatic rings. The monoisotopic (exact) mass is 542 g/mol. The first-order chi connectivity index (χ1) is 16.1. The van der Waals surface area contributed by atoms with Crippen molar-refractivity contribution in [1.29, 1.82) is 0 Å². The Labute approximate surface area is 230 Å².